The summed E-state index contributed by atoms with van der Waals surface area (Å²) in [4.78, 5) is 25.5. The summed E-state index contributed by atoms with van der Waals surface area (Å²) in [5.74, 6) is -0.383. The zero-order chi connectivity index (χ0) is 23.0. The maximum absolute atomic E-state index is 12.7. The molecule has 0 radical (unpaired) electrons. The van der Waals surface area contributed by atoms with Gasteiger partial charge in [0.15, 0.2) is 0 Å². The average Bonchev–Trinajstić information content (AvgIpc) is 3.49. The molecule has 4 rings (SSSR count). The van der Waals surface area contributed by atoms with Crippen molar-refractivity contribution in [2.75, 3.05) is 12.4 Å². The summed E-state index contributed by atoms with van der Waals surface area (Å²) in [7, 11) is 1.59. The zero-order valence-corrected chi connectivity index (χ0v) is 19.0. The second kappa shape index (κ2) is 10.6. The van der Waals surface area contributed by atoms with Gasteiger partial charge in [-0.1, -0.05) is 54.6 Å². The van der Waals surface area contributed by atoms with Crippen LogP contribution in [0.3, 0.4) is 0 Å². The van der Waals surface area contributed by atoms with Gasteiger partial charge in [0.2, 0.25) is 11.8 Å². The normalized spacial score (nSPS) is 10.9. The van der Waals surface area contributed by atoms with E-state index in [0.29, 0.717) is 12.2 Å². The number of rotatable bonds is 8. The van der Waals surface area contributed by atoms with Crippen LogP contribution in [0.25, 0.3) is 16.6 Å². The first kappa shape index (κ1) is 22.2. The third-order valence-electron chi connectivity index (χ3n) is 5.05. The number of likely N-dealkylation sites (N-methyl/N-ethyl adjacent to an activating group) is 1. The summed E-state index contributed by atoms with van der Waals surface area (Å²) < 4.78 is 1.89. The molecule has 33 heavy (non-hydrogen) atoms. The molecular formula is C26H24N4O2S. The van der Waals surface area contributed by atoms with Crippen LogP contribution in [0.4, 0.5) is 5.69 Å². The molecule has 166 valence electrons. The van der Waals surface area contributed by atoms with E-state index in [1.165, 1.54) is 6.08 Å². The maximum Gasteiger partial charge on any atom is 0.248 e. The van der Waals surface area contributed by atoms with Crippen LogP contribution < -0.4 is 10.6 Å². The number of nitrogens with one attached hydrogen (secondary N) is 2. The lowest BCUT2D eigenvalue weighted by Crippen LogP contribution is -2.21. The molecule has 0 unspecified atom stereocenters. The highest BCUT2D eigenvalue weighted by Gasteiger charge is 2.12. The van der Waals surface area contributed by atoms with E-state index in [9.17, 15) is 9.59 Å². The molecule has 0 fully saturated rings. The Bertz CT molecular complexity index is 1260. The van der Waals surface area contributed by atoms with E-state index in [-0.39, 0.29) is 18.2 Å². The summed E-state index contributed by atoms with van der Waals surface area (Å²) in [5.41, 5.74) is 4.23. The van der Waals surface area contributed by atoms with E-state index in [1.54, 1.807) is 30.5 Å². The van der Waals surface area contributed by atoms with Crippen molar-refractivity contribution >= 4 is 34.9 Å². The maximum atomic E-state index is 12.7. The predicted octanol–water partition coefficient (Wildman–Crippen LogP) is 4.60. The van der Waals surface area contributed by atoms with Crippen LogP contribution in [0.1, 0.15) is 16.7 Å². The first-order valence-electron chi connectivity index (χ1n) is 10.5. The summed E-state index contributed by atoms with van der Waals surface area (Å²) in [6.45, 7) is 0.645. The number of carbonyl (C=O) groups is 2. The number of nitrogens with zero attached hydrogens (tertiary/aromatic N) is 2. The van der Waals surface area contributed by atoms with Crippen LogP contribution in [0.5, 0.6) is 0 Å². The Morgan fingerprint density at radius 3 is 2.58 bits per heavy atom. The van der Waals surface area contributed by atoms with Crippen LogP contribution >= 0.6 is 11.3 Å². The molecule has 0 aliphatic rings. The molecular weight excluding hydrogens is 432 g/mol. The Morgan fingerprint density at radius 1 is 1.03 bits per heavy atom. The minimum absolute atomic E-state index is 0.112. The van der Waals surface area contributed by atoms with Crippen molar-refractivity contribution in [1.82, 2.24) is 15.1 Å². The number of hydrogen-bond acceptors (Lipinski definition) is 4. The van der Waals surface area contributed by atoms with Gasteiger partial charge in [-0.3, -0.25) is 14.3 Å². The standard InChI is InChI=1S/C26H24N4O2S/c1-27-25(32)16-20-10-5-6-11-22(20)28-24(31)14-13-21-18-30(17-19-8-3-2-4-9-19)29-26(21)23-12-7-15-33-23/h2-15,18H,16-17H2,1H3,(H,27,32)(H,28,31). The molecule has 2 N–H and O–H groups in total. The molecule has 0 saturated heterocycles. The van der Waals surface area contributed by atoms with Crippen LogP contribution in [-0.4, -0.2) is 28.6 Å². The molecule has 2 aromatic heterocycles. The van der Waals surface area contributed by atoms with Gasteiger partial charge in [-0.2, -0.15) is 5.10 Å². The van der Waals surface area contributed by atoms with Gasteiger partial charge in [0.25, 0.3) is 0 Å². The van der Waals surface area contributed by atoms with Crippen molar-refractivity contribution < 1.29 is 9.59 Å². The number of para-hydroxylation sites is 1. The lowest BCUT2D eigenvalue weighted by atomic mass is 10.1. The van der Waals surface area contributed by atoms with E-state index < -0.39 is 0 Å². The van der Waals surface area contributed by atoms with Crippen LogP contribution in [0.2, 0.25) is 0 Å². The van der Waals surface area contributed by atoms with Crippen molar-refractivity contribution in [3.05, 3.63) is 101 Å². The molecule has 0 bridgehead atoms. The first-order valence-corrected chi connectivity index (χ1v) is 11.4. The fraction of sp³-hybridized carbons (Fsp3) is 0.115. The molecule has 2 aromatic carbocycles. The Morgan fingerprint density at radius 2 is 1.82 bits per heavy atom. The molecule has 0 spiro atoms. The summed E-state index contributed by atoms with van der Waals surface area (Å²) in [6, 6.07) is 21.4. The number of carbonyl (C=O) groups excluding carboxylic acids is 2. The molecule has 0 saturated carbocycles. The van der Waals surface area contributed by atoms with Gasteiger partial charge in [0.1, 0.15) is 5.69 Å². The van der Waals surface area contributed by atoms with Gasteiger partial charge < -0.3 is 10.6 Å². The fourth-order valence-electron chi connectivity index (χ4n) is 3.41. The largest absolute Gasteiger partial charge is 0.359 e. The van der Waals surface area contributed by atoms with Gasteiger partial charge >= 0.3 is 0 Å². The van der Waals surface area contributed by atoms with E-state index in [4.69, 9.17) is 5.10 Å². The van der Waals surface area contributed by atoms with Gasteiger partial charge in [-0.25, -0.2) is 0 Å². The van der Waals surface area contributed by atoms with Gasteiger partial charge in [0.05, 0.1) is 17.8 Å². The first-order chi connectivity index (χ1) is 16.1. The molecule has 7 heteroatoms. The lowest BCUT2D eigenvalue weighted by molar-refractivity contribution is -0.120. The highest BCUT2D eigenvalue weighted by Crippen LogP contribution is 2.28. The van der Waals surface area contributed by atoms with E-state index >= 15 is 0 Å². The number of thiophene rings is 1. The second-order valence-corrected chi connectivity index (χ2v) is 8.37. The lowest BCUT2D eigenvalue weighted by Gasteiger charge is -2.09. The van der Waals surface area contributed by atoms with Crippen molar-refractivity contribution in [2.24, 2.45) is 0 Å². The summed E-state index contributed by atoms with van der Waals surface area (Å²) >= 11 is 1.61. The number of amides is 2. The highest BCUT2D eigenvalue weighted by molar-refractivity contribution is 7.13. The summed E-state index contributed by atoms with van der Waals surface area (Å²) in [6.07, 6.45) is 5.43. The minimum atomic E-state index is -0.271. The van der Waals surface area contributed by atoms with Crippen LogP contribution in [0, 0.1) is 0 Å². The van der Waals surface area contributed by atoms with Crippen molar-refractivity contribution in [1.29, 1.82) is 0 Å². The van der Waals surface area contributed by atoms with Crippen LogP contribution in [0.15, 0.2) is 84.4 Å². The predicted molar refractivity (Wildman–Crippen MR) is 133 cm³/mol. The average molecular weight is 457 g/mol. The Labute approximate surface area is 196 Å². The Balaban J connectivity index is 1.54. The quantitative estimate of drug-likeness (QED) is 0.381. The molecule has 0 atom stereocenters. The minimum Gasteiger partial charge on any atom is -0.359 e. The number of aromatic nitrogens is 2. The number of anilines is 1. The van der Waals surface area contributed by atoms with E-state index in [0.717, 1.165) is 27.3 Å². The van der Waals surface area contributed by atoms with Crippen LogP contribution in [-0.2, 0) is 22.6 Å². The summed E-state index contributed by atoms with van der Waals surface area (Å²) in [5, 5.41) is 12.3. The molecule has 0 aliphatic carbocycles. The number of hydrogen-bond donors (Lipinski definition) is 2. The Kier molecular flexibility index (Phi) is 7.12. The number of benzene rings is 2. The molecule has 2 heterocycles. The monoisotopic (exact) mass is 456 g/mol. The molecule has 0 aliphatic heterocycles. The third-order valence-corrected chi connectivity index (χ3v) is 5.93. The molecule has 4 aromatic rings. The fourth-order valence-corrected chi connectivity index (χ4v) is 4.14. The smallest absolute Gasteiger partial charge is 0.248 e. The van der Waals surface area contributed by atoms with Gasteiger partial charge in [-0.05, 0) is 34.7 Å². The van der Waals surface area contributed by atoms with Crippen molar-refractivity contribution in [3.63, 3.8) is 0 Å². The van der Waals surface area contributed by atoms with Gasteiger partial charge in [0, 0.05) is 30.6 Å². The van der Waals surface area contributed by atoms with E-state index in [2.05, 4.69) is 22.8 Å². The van der Waals surface area contributed by atoms with Crippen molar-refractivity contribution in [2.45, 2.75) is 13.0 Å². The molecule has 6 nitrogen and oxygen atoms in total. The third kappa shape index (κ3) is 5.84. The van der Waals surface area contributed by atoms with E-state index in [1.807, 2.05) is 64.8 Å². The van der Waals surface area contributed by atoms with Crippen molar-refractivity contribution in [3.8, 4) is 10.6 Å². The second-order valence-electron chi connectivity index (χ2n) is 7.42. The topological polar surface area (TPSA) is 76.0 Å². The van der Waals surface area contributed by atoms with Gasteiger partial charge in [-0.15, -0.1) is 11.3 Å². The zero-order valence-electron chi connectivity index (χ0n) is 18.2. The Hall–Kier alpha value is -3.97. The highest BCUT2D eigenvalue weighted by atomic mass is 32.1. The SMILES string of the molecule is CNC(=O)Cc1ccccc1NC(=O)C=Cc1cn(Cc2ccccc2)nc1-c1cccs1. The molecule has 2 amide bonds.